The first-order chi connectivity index (χ1) is 9.38. The van der Waals surface area contributed by atoms with Gasteiger partial charge in [-0.05, 0) is 30.3 Å². The van der Waals surface area contributed by atoms with Crippen molar-refractivity contribution in [2.75, 3.05) is 10.7 Å². The lowest BCUT2D eigenvalue weighted by atomic mass is 10.2. The molecule has 20 heavy (non-hydrogen) atoms. The Balaban J connectivity index is 2.36. The second-order valence-electron chi connectivity index (χ2n) is 3.90. The molecule has 0 fully saturated rings. The van der Waals surface area contributed by atoms with Crippen LogP contribution in [-0.2, 0) is 6.18 Å². The number of alkyl halides is 3. The standard InChI is InChI=1S/C12H10F4N4/c13-8-2-1-3-9(6-8)18-10-4-7(12(14,15)16)5-11(19-10)20-17/h1-6H,17H2,(H2,18,19,20). The minimum Gasteiger partial charge on any atom is -0.340 e. The van der Waals surface area contributed by atoms with Crippen LogP contribution in [0.25, 0.3) is 0 Å². The maximum atomic E-state index is 13.0. The van der Waals surface area contributed by atoms with E-state index in [2.05, 4.69) is 15.7 Å². The van der Waals surface area contributed by atoms with Gasteiger partial charge in [0.2, 0.25) is 0 Å². The topological polar surface area (TPSA) is 63.0 Å². The number of hydrogen-bond acceptors (Lipinski definition) is 4. The smallest absolute Gasteiger partial charge is 0.340 e. The second-order valence-corrected chi connectivity index (χ2v) is 3.90. The van der Waals surface area contributed by atoms with E-state index in [-0.39, 0.29) is 17.3 Å². The molecule has 1 aromatic carbocycles. The van der Waals surface area contributed by atoms with Gasteiger partial charge in [0.15, 0.2) is 0 Å². The van der Waals surface area contributed by atoms with Crippen LogP contribution in [0.2, 0.25) is 0 Å². The third kappa shape index (κ3) is 3.35. The summed E-state index contributed by atoms with van der Waals surface area (Å²) in [5.41, 5.74) is 1.41. The first-order valence-corrected chi connectivity index (χ1v) is 5.47. The van der Waals surface area contributed by atoms with Crippen molar-refractivity contribution >= 4 is 17.3 Å². The Morgan fingerprint density at radius 1 is 1.05 bits per heavy atom. The van der Waals surface area contributed by atoms with Crippen LogP contribution < -0.4 is 16.6 Å². The molecule has 2 rings (SSSR count). The Hall–Kier alpha value is -2.35. The SMILES string of the molecule is NNc1cc(C(F)(F)F)cc(Nc2cccc(F)c2)n1. The molecule has 0 aliphatic rings. The summed E-state index contributed by atoms with van der Waals surface area (Å²) in [6, 6.07) is 6.87. The molecule has 0 bridgehead atoms. The number of nitrogens with one attached hydrogen (secondary N) is 2. The number of nitrogens with zero attached hydrogens (tertiary/aromatic N) is 1. The van der Waals surface area contributed by atoms with E-state index >= 15 is 0 Å². The molecule has 0 aliphatic heterocycles. The predicted molar refractivity (Wildman–Crippen MR) is 66.7 cm³/mol. The quantitative estimate of drug-likeness (QED) is 0.460. The summed E-state index contributed by atoms with van der Waals surface area (Å²) in [4.78, 5) is 3.82. The molecule has 1 heterocycles. The van der Waals surface area contributed by atoms with Crippen molar-refractivity contribution in [3.05, 3.63) is 47.8 Å². The monoisotopic (exact) mass is 286 g/mol. The molecule has 1 aromatic heterocycles. The van der Waals surface area contributed by atoms with Crippen LogP contribution in [-0.4, -0.2) is 4.98 Å². The van der Waals surface area contributed by atoms with Gasteiger partial charge in [0.1, 0.15) is 17.5 Å². The maximum Gasteiger partial charge on any atom is 0.416 e. The zero-order valence-corrected chi connectivity index (χ0v) is 10.0. The Labute approximate surface area is 111 Å². The van der Waals surface area contributed by atoms with Gasteiger partial charge in [0.05, 0.1) is 5.56 Å². The van der Waals surface area contributed by atoms with Crippen LogP contribution in [0.4, 0.5) is 34.9 Å². The molecule has 0 spiro atoms. The van der Waals surface area contributed by atoms with E-state index in [1.807, 2.05) is 0 Å². The Morgan fingerprint density at radius 3 is 2.35 bits per heavy atom. The van der Waals surface area contributed by atoms with Crippen molar-refractivity contribution < 1.29 is 17.6 Å². The molecule has 4 N–H and O–H groups in total. The van der Waals surface area contributed by atoms with Crippen LogP contribution in [0.3, 0.4) is 0 Å². The average molecular weight is 286 g/mol. The van der Waals surface area contributed by atoms with Gasteiger partial charge in [0, 0.05) is 5.69 Å². The maximum absolute atomic E-state index is 13.0. The van der Waals surface area contributed by atoms with Crippen molar-refractivity contribution in [2.45, 2.75) is 6.18 Å². The van der Waals surface area contributed by atoms with Gasteiger partial charge in [-0.2, -0.15) is 13.2 Å². The fourth-order valence-corrected chi connectivity index (χ4v) is 1.55. The van der Waals surface area contributed by atoms with Gasteiger partial charge in [0.25, 0.3) is 0 Å². The number of nitrogen functional groups attached to an aromatic ring is 1. The number of aromatic nitrogens is 1. The minimum atomic E-state index is -4.53. The van der Waals surface area contributed by atoms with Crippen LogP contribution >= 0.6 is 0 Å². The molecule has 0 saturated carbocycles. The fourth-order valence-electron chi connectivity index (χ4n) is 1.55. The first kappa shape index (κ1) is 14.1. The highest BCUT2D eigenvalue weighted by molar-refractivity contribution is 5.59. The third-order valence-electron chi connectivity index (χ3n) is 2.40. The second kappa shape index (κ2) is 5.33. The van der Waals surface area contributed by atoms with E-state index in [0.717, 1.165) is 18.2 Å². The zero-order valence-electron chi connectivity index (χ0n) is 10.0. The van der Waals surface area contributed by atoms with Crippen LogP contribution in [0.15, 0.2) is 36.4 Å². The third-order valence-corrected chi connectivity index (χ3v) is 2.40. The lowest BCUT2D eigenvalue weighted by molar-refractivity contribution is -0.137. The van der Waals surface area contributed by atoms with E-state index in [0.29, 0.717) is 0 Å². The van der Waals surface area contributed by atoms with Gasteiger partial charge in [-0.1, -0.05) is 6.07 Å². The minimum absolute atomic E-state index is 0.0987. The van der Waals surface area contributed by atoms with E-state index < -0.39 is 17.6 Å². The number of anilines is 3. The Bertz CT molecular complexity index is 613. The molecular formula is C12H10F4N4. The number of hydrazine groups is 1. The van der Waals surface area contributed by atoms with Gasteiger partial charge in [-0.3, -0.25) is 0 Å². The molecule has 8 heteroatoms. The highest BCUT2D eigenvalue weighted by Gasteiger charge is 2.31. The van der Waals surface area contributed by atoms with Crippen molar-refractivity contribution in [3.8, 4) is 0 Å². The fraction of sp³-hybridized carbons (Fsp3) is 0.0833. The number of benzene rings is 1. The van der Waals surface area contributed by atoms with Crippen LogP contribution in [0.1, 0.15) is 5.56 Å². The molecule has 0 radical (unpaired) electrons. The van der Waals surface area contributed by atoms with Gasteiger partial charge in [-0.25, -0.2) is 15.2 Å². The number of pyridine rings is 1. The Morgan fingerprint density at radius 2 is 1.75 bits per heavy atom. The molecule has 0 aliphatic carbocycles. The average Bonchev–Trinajstić information content (AvgIpc) is 2.37. The molecule has 0 atom stereocenters. The molecule has 0 unspecified atom stereocenters. The van der Waals surface area contributed by atoms with Gasteiger partial charge in [-0.15, -0.1) is 0 Å². The molecular weight excluding hydrogens is 276 g/mol. The summed E-state index contributed by atoms with van der Waals surface area (Å²) in [5, 5.41) is 2.59. The van der Waals surface area contributed by atoms with Gasteiger partial charge >= 0.3 is 6.18 Å². The normalized spacial score (nSPS) is 11.2. The number of hydrogen-bond donors (Lipinski definition) is 3. The van der Waals surface area contributed by atoms with Crippen LogP contribution in [0, 0.1) is 5.82 Å². The summed E-state index contributed by atoms with van der Waals surface area (Å²) in [6.45, 7) is 0. The van der Waals surface area contributed by atoms with Gasteiger partial charge < -0.3 is 10.7 Å². The summed E-state index contributed by atoms with van der Waals surface area (Å²) < 4.78 is 51.1. The van der Waals surface area contributed by atoms with Crippen LogP contribution in [0.5, 0.6) is 0 Å². The van der Waals surface area contributed by atoms with Crippen molar-refractivity contribution in [1.29, 1.82) is 0 Å². The first-order valence-electron chi connectivity index (χ1n) is 5.47. The van der Waals surface area contributed by atoms with Crippen molar-refractivity contribution in [3.63, 3.8) is 0 Å². The van der Waals surface area contributed by atoms with Crippen molar-refractivity contribution in [1.82, 2.24) is 4.98 Å². The number of rotatable bonds is 3. The van der Waals surface area contributed by atoms with E-state index in [9.17, 15) is 17.6 Å². The largest absolute Gasteiger partial charge is 0.416 e. The highest BCUT2D eigenvalue weighted by atomic mass is 19.4. The summed E-state index contributed by atoms with van der Waals surface area (Å²) in [5.74, 6) is 4.31. The van der Waals surface area contributed by atoms with E-state index in [1.54, 1.807) is 0 Å². The molecule has 106 valence electrons. The zero-order chi connectivity index (χ0) is 14.8. The lowest BCUT2D eigenvalue weighted by Gasteiger charge is -2.12. The molecule has 0 amide bonds. The van der Waals surface area contributed by atoms with E-state index in [1.165, 1.54) is 18.2 Å². The number of halogens is 4. The highest BCUT2D eigenvalue weighted by Crippen LogP contribution is 2.32. The predicted octanol–water partition coefficient (Wildman–Crippen LogP) is 3.27. The van der Waals surface area contributed by atoms with Crippen molar-refractivity contribution in [2.24, 2.45) is 5.84 Å². The molecule has 0 saturated heterocycles. The Kier molecular flexibility index (Phi) is 3.75. The molecule has 2 aromatic rings. The summed E-state index contributed by atoms with van der Waals surface area (Å²) >= 11 is 0. The lowest BCUT2D eigenvalue weighted by Crippen LogP contribution is -2.13. The summed E-state index contributed by atoms with van der Waals surface area (Å²) in [6.07, 6.45) is -4.53. The van der Waals surface area contributed by atoms with E-state index in [4.69, 9.17) is 5.84 Å². The number of nitrogens with two attached hydrogens (primary N) is 1. The summed E-state index contributed by atoms with van der Waals surface area (Å²) in [7, 11) is 0. The molecule has 4 nitrogen and oxygen atoms in total.